The third-order valence-corrected chi connectivity index (χ3v) is 4.98. The Balaban J connectivity index is 1.40. The summed E-state index contributed by atoms with van der Waals surface area (Å²) in [6.07, 6.45) is 8.19. The van der Waals surface area contributed by atoms with Crippen molar-refractivity contribution >= 4 is 10.9 Å². The van der Waals surface area contributed by atoms with E-state index in [1.807, 2.05) is 17.0 Å². The molecule has 2 aromatic carbocycles. The molecule has 0 amide bonds. The van der Waals surface area contributed by atoms with Gasteiger partial charge in [0.1, 0.15) is 0 Å². The number of fused-ring (bicyclic) bond motifs is 1. The molecule has 0 aliphatic carbocycles. The highest BCUT2D eigenvalue weighted by Crippen LogP contribution is 2.24. The fourth-order valence-corrected chi connectivity index (χ4v) is 3.42. The molecule has 0 spiro atoms. The predicted molar refractivity (Wildman–Crippen MR) is 105 cm³/mol. The highest BCUT2D eigenvalue weighted by Gasteiger charge is 2.09. The lowest BCUT2D eigenvalue weighted by atomic mass is 10.0. The highest BCUT2D eigenvalue weighted by molar-refractivity contribution is 5.82. The number of aryl methyl sites for hydroxylation is 1. The van der Waals surface area contributed by atoms with Crippen LogP contribution >= 0.6 is 0 Å². The summed E-state index contributed by atoms with van der Waals surface area (Å²) in [5, 5.41) is 16.0. The molecule has 27 heavy (non-hydrogen) atoms. The Morgan fingerprint density at radius 1 is 1.04 bits per heavy atom. The molecule has 0 aliphatic heterocycles. The van der Waals surface area contributed by atoms with E-state index >= 15 is 0 Å². The van der Waals surface area contributed by atoms with Gasteiger partial charge in [-0.2, -0.15) is 10.2 Å². The van der Waals surface area contributed by atoms with Crippen LogP contribution in [0.4, 0.5) is 0 Å². The van der Waals surface area contributed by atoms with E-state index in [1.54, 1.807) is 12.5 Å². The van der Waals surface area contributed by atoms with Crippen molar-refractivity contribution in [3.8, 4) is 16.9 Å². The quantitative estimate of drug-likeness (QED) is 0.511. The Morgan fingerprint density at radius 2 is 1.93 bits per heavy atom. The molecule has 0 saturated carbocycles. The minimum Gasteiger partial charge on any atom is -0.306 e. The van der Waals surface area contributed by atoms with Gasteiger partial charge < -0.3 is 4.57 Å². The lowest BCUT2D eigenvalue weighted by Crippen LogP contribution is -1.92. The molecule has 0 fully saturated rings. The summed E-state index contributed by atoms with van der Waals surface area (Å²) < 4.78 is 1.98. The first-order chi connectivity index (χ1) is 13.3. The highest BCUT2D eigenvalue weighted by atomic mass is 15.1. The van der Waals surface area contributed by atoms with E-state index in [1.165, 1.54) is 16.5 Å². The average Bonchev–Trinajstić information content (AvgIpc) is 3.46. The van der Waals surface area contributed by atoms with Crippen molar-refractivity contribution in [3.05, 3.63) is 84.2 Å². The van der Waals surface area contributed by atoms with Crippen molar-refractivity contribution in [1.82, 2.24) is 29.9 Å². The zero-order valence-electron chi connectivity index (χ0n) is 14.8. The van der Waals surface area contributed by atoms with Crippen LogP contribution in [0, 0.1) is 6.92 Å². The molecule has 0 bridgehead atoms. The first-order valence-corrected chi connectivity index (χ1v) is 8.82. The zero-order chi connectivity index (χ0) is 18.2. The Kier molecular flexibility index (Phi) is 3.60. The Bertz CT molecular complexity index is 1200. The molecular formula is C21H18N6. The van der Waals surface area contributed by atoms with Gasteiger partial charge in [0.15, 0.2) is 0 Å². The van der Waals surface area contributed by atoms with Gasteiger partial charge in [-0.1, -0.05) is 18.2 Å². The van der Waals surface area contributed by atoms with E-state index in [0.29, 0.717) is 0 Å². The maximum Gasteiger partial charge on any atom is 0.0991 e. The minimum atomic E-state index is 0.813. The summed E-state index contributed by atoms with van der Waals surface area (Å²) in [7, 11) is 0. The van der Waals surface area contributed by atoms with Crippen LogP contribution in [0.25, 0.3) is 27.8 Å². The van der Waals surface area contributed by atoms with E-state index < -0.39 is 0 Å². The van der Waals surface area contributed by atoms with Crippen molar-refractivity contribution in [1.29, 1.82) is 0 Å². The van der Waals surface area contributed by atoms with Gasteiger partial charge in [0.05, 0.1) is 23.7 Å². The molecule has 0 aliphatic rings. The SMILES string of the molecule is Cc1c(Cc2cc(-c3ccc(-n4ccnc4)cc3)n[nH]2)ccc2[nH]ncc12. The first-order valence-electron chi connectivity index (χ1n) is 8.82. The number of rotatable bonds is 4. The number of imidazole rings is 1. The molecule has 0 unspecified atom stereocenters. The van der Waals surface area contributed by atoms with Crippen molar-refractivity contribution in [3.63, 3.8) is 0 Å². The number of aromatic nitrogens is 6. The maximum absolute atomic E-state index is 4.49. The summed E-state index contributed by atoms with van der Waals surface area (Å²) in [6.45, 7) is 2.14. The van der Waals surface area contributed by atoms with Gasteiger partial charge in [-0.3, -0.25) is 10.2 Å². The summed E-state index contributed by atoms with van der Waals surface area (Å²) in [6, 6.07) is 14.7. The second-order valence-electron chi connectivity index (χ2n) is 6.65. The minimum absolute atomic E-state index is 0.813. The lowest BCUT2D eigenvalue weighted by molar-refractivity contribution is 0.994. The number of nitrogens with one attached hydrogen (secondary N) is 2. The molecule has 3 heterocycles. The van der Waals surface area contributed by atoms with E-state index in [2.05, 4.69) is 74.8 Å². The standard InChI is InChI=1S/C21H18N6/c1-14-16(4-7-20-19(14)12-23-25-20)10-17-11-21(26-24-17)15-2-5-18(6-3-15)27-9-8-22-13-27/h2-9,11-13H,10H2,1H3,(H,23,25)(H,24,26). The van der Waals surface area contributed by atoms with Gasteiger partial charge in [0.2, 0.25) is 0 Å². The Morgan fingerprint density at radius 3 is 2.74 bits per heavy atom. The number of aromatic amines is 2. The number of H-pyrrole nitrogens is 2. The summed E-state index contributed by atoms with van der Waals surface area (Å²) in [5.74, 6) is 0. The number of nitrogens with zero attached hydrogens (tertiary/aromatic N) is 4. The van der Waals surface area contributed by atoms with Crippen LogP contribution < -0.4 is 0 Å². The molecule has 6 nitrogen and oxygen atoms in total. The normalized spacial score (nSPS) is 11.3. The fourth-order valence-electron chi connectivity index (χ4n) is 3.42. The summed E-state index contributed by atoms with van der Waals surface area (Å²) >= 11 is 0. The van der Waals surface area contributed by atoms with Crippen LogP contribution in [0.2, 0.25) is 0 Å². The molecule has 2 N–H and O–H groups in total. The average molecular weight is 354 g/mol. The van der Waals surface area contributed by atoms with Gasteiger partial charge in [-0.15, -0.1) is 0 Å². The smallest absolute Gasteiger partial charge is 0.0991 e. The number of hydrogen-bond acceptors (Lipinski definition) is 3. The molecule has 132 valence electrons. The summed E-state index contributed by atoms with van der Waals surface area (Å²) in [4.78, 5) is 4.08. The molecule has 0 atom stereocenters. The van der Waals surface area contributed by atoms with Crippen LogP contribution in [0.1, 0.15) is 16.8 Å². The van der Waals surface area contributed by atoms with Gasteiger partial charge in [0, 0.05) is 41.1 Å². The van der Waals surface area contributed by atoms with Crippen LogP contribution in [-0.2, 0) is 6.42 Å². The molecule has 6 heteroatoms. The lowest BCUT2D eigenvalue weighted by Gasteiger charge is -2.05. The van der Waals surface area contributed by atoms with E-state index in [-0.39, 0.29) is 0 Å². The molecule has 5 aromatic rings. The molecule has 3 aromatic heterocycles. The Hall–Kier alpha value is -3.67. The van der Waals surface area contributed by atoms with Crippen molar-refractivity contribution in [2.24, 2.45) is 0 Å². The second kappa shape index (κ2) is 6.25. The van der Waals surface area contributed by atoms with Crippen LogP contribution in [0.5, 0.6) is 0 Å². The third-order valence-electron chi connectivity index (χ3n) is 4.98. The van der Waals surface area contributed by atoms with Gasteiger partial charge in [0.25, 0.3) is 0 Å². The molecule has 0 radical (unpaired) electrons. The van der Waals surface area contributed by atoms with Crippen molar-refractivity contribution < 1.29 is 0 Å². The maximum atomic E-state index is 4.49. The Labute approximate surface area is 155 Å². The fraction of sp³-hybridized carbons (Fsp3) is 0.0952. The van der Waals surface area contributed by atoms with Gasteiger partial charge >= 0.3 is 0 Å². The van der Waals surface area contributed by atoms with E-state index in [9.17, 15) is 0 Å². The predicted octanol–water partition coefficient (Wildman–Crippen LogP) is 4.04. The monoisotopic (exact) mass is 354 g/mol. The van der Waals surface area contributed by atoms with Gasteiger partial charge in [-0.05, 0) is 42.3 Å². The molecule has 0 saturated heterocycles. The van der Waals surface area contributed by atoms with Crippen LogP contribution in [0.3, 0.4) is 0 Å². The second-order valence-corrected chi connectivity index (χ2v) is 6.65. The number of benzene rings is 2. The topological polar surface area (TPSA) is 75.2 Å². The first kappa shape index (κ1) is 15.6. The molecule has 5 rings (SSSR count). The number of hydrogen-bond donors (Lipinski definition) is 2. The van der Waals surface area contributed by atoms with Gasteiger partial charge in [-0.25, -0.2) is 4.98 Å². The zero-order valence-corrected chi connectivity index (χ0v) is 14.8. The van der Waals surface area contributed by atoms with Crippen LogP contribution in [0.15, 0.2) is 67.4 Å². The van der Waals surface area contributed by atoms with Crippen molar-refractivity contribution in [2.75, 3.05) is 0 Å². The largest absolute Gasteiger partial charge is 0.306 e. The molecular weight excluding hydrogens is 336 g/mol. The van der Waals surface area contributed by atoms with E-state index in [0.717, 1.165) is 34.6 Å². The van der Waals surface area contributed by atoms with E-state index in [4.69, 9.17) is 0 Å². The van der Waals surface area contributed by atoms with Crippen molar-refractivity contribution in [2.45, 2.75) is 13.3 Å². The van der Waals surface area contributed by atoms with Crippen LogP contribution in [-0.4, -0.2) is 29.9 Å². The summed E-state index contributed by atoms with van der Waals surface area (Å²) in [5.41, 5.74) is 7.80. The third kappa shape index (κ3) is 2.81.